The van der Waals surface area contributed by atoms with Crippen molar-refractivity contribution in [1.29, 1.82) is 0 Å². The van der Waals surface area contributed by atoms with E-state index in [4.69, 9.17) is 0 Å². The van der Waals surface area contributed by atoms with Crippen LogP contribution in [-0.2, 0) is 4.79 Å². The van der Waals surface area contributed by atoms with Gasteiger partial charge in [0.25, 0.3) is 0 Å². The summed E-state index contributed by atoms with van der Waals surface area (Å²) in [5.41, 5.74) is 0.258. The van der Waals surface area contributed by atoms with Crippen LogP contribution in [0.15, 0.2) is 0 Å². The minimum Gasteiger partial charge on any atom is -0.342 e. The predicted molar refractivity (Wildman–Crippen MR) is 67.2 cm³/mol. The van der Waals surface area contributed by atoms with Crippen molar-refractivity contribution in [2.45, 2.75) is 40.0 Å². The van der Waals surface area contributed by atoms with Crippen LogP contribution in [0, 0.1) is 11.3 Å². The summed E-state index contributed by atoms with van der Waals surface area (Å²) in [6.07, 6.45) is 3.34. The van der Waals surface area contributed by atoms with Crippen molar-refractivity contribution in [1.82, 2.24) is 4.90 Å². The molecule has 1 unspecified atom stereocenters. The Morgan fingerprint density at radius 1 is 1.47 bits per heavy atom. The summed E-state index contributed by atoms with van der Waals surface area (Å²) in [6, 6.07) is 0. The van der Waals surface area contributed by atoms with Gasteiger partial charge < -0.3 is 4.90 Å². The zero-order valence-electron chi connectivity index (χ0n) is 10.1. The van der Waals surface area contributed by atoms with E-state index in [0.29, 0.717) is 5.91 Å². The molecule has 0 N–H and O–H groups in total. The van der Waals surface area contributed by atoms with Crippen molar-refractivity contribution in [2.75, 3.05) is 18.4 Å². The van der Waals surface area contributed by atoms with Crippen molar-refractivity contribution >= 4 is 21.8 Å². The Kier molecular flexibility index (Phi) is 4.63. The number of carbonyl (C=O) groups excluding carboxylic acids is 1. The molecule has 0 saturated heterocycles. The Labute approximate surface area is 102 Å². The van der Waals surface area contributed by atoms with Crippen LogP contribution in [0.1, 0.15) is 40.0 Å². The van der Waals surface area contributed by atoms with E-state index in [0.717, 1.165) is 37.7 Å². The van der Waals surface area contributed by atoms with Gasteiger partial charge in [-0.05, 0) is 18.3 Å². The lowest BCUT2D eigenvalue weighted by atomic mass is 10.1. The lowest BCUT2D eigenvalue weighted by molar-refractivity contribution is -0.133. The van der Waals surface area contributed by atoms with Gasteiger partial charge in [-0.2, -0.15) is 0 Å². The van der Waals surface area contributed by atoms with Crippen molar-refractivity contribution in [3.8, 4) is 0 Å². The summed E-state index contributed by atoms with van der Waals surface area (Å²) < 4.78 is 0. The fourth-order valence-electron chi connectivity index (χ4n) is 1.89. The van der Waals surface area contributed by atoms with Gasteiger partial charge in [0.15, 0.2) is 0 Å². The fourth-order valence-corrected chi connectivity index (χ4v) is 2.32. The van der Waals surface area contributed by atoms with Gasteiger partial charge in [-0.1, -0.05) is 43.1 Å². The highest BCUT2D eigenvalue weighted by Gasteiger charge is 2.51. The smallest absolute Gasteiger partial charge is 0.226 e. The van der Waals surface area contributed by atoms with Gasteiger partial charge in [-0.3, -0.25) is 4.79 Å². The highest BCUT2D eigenvalue weighted by Crippen LogP contribution is 2.52. The van der Waals surface area contributed by atoms with E-state index in [9.17, 15) is 4.79 Å². The maximum atomic E-state index is 12.1. The van der Waals surface area contributed by atoms with Gasteiger partial charge in [0, 0.05) is 24.3 Å². The summed E-state index contributed by atoms with van der Waals surface area (Å²) in [6.45, 7) is 8.31. The second kappa shape index (κ2) is 5.33. The Morgan fingerprint density at radius 3 is 2.47 bits per heavy atom. The summed E-state index contributed by atoms with van der Waals surface area (Å²) in [4.78, 5) is 14.1. The first kappa shape index (κ1) is 13.0. The molecule has 1 amide bonds. The van der Waals surface area contributed by atoms with Gasteiger partial charge in [-0.15, -0.1) is 0 Å². The van der Waals surface area contributed by atoms with Gasteiger partial charge >= 0.3 is 0 Å². The average molecular weight is 276 g/mol. The molecule has 1 aliphatic carbocycles. The van der Waals surface area contributed by atoms with Crippen LogP contribution in [-0.4, -0.2) is 29.2 Å². The first-order valence-electron chi connectivity index (χ1n) is 5.87. The van der Waals surface area contributed by atoms with Gasteiger partial charge in [0.2, 0.25) is 5.91 Å². The molecule has 0 radical (unpaired) electrons. The lowest BCUT2D eigenvalue weighted by Crippen LogP contribution is -2.35. The van der Waals surface area contributed by atoms with Crippen LogP contribution in [0.5, 0.6) is 0 Å². The fraction of sp³-hybridized carbons (Fsp3) is 0.917. The monoisotopic (exact) mass is 275 g/mol. The number of rotatable bonds is 6. The predicted octanol–water partition coefficient (Wildman–Crippen LogP) is 3.06. The van der Waals surface area contributed by atoms with Crippen LogP contribution >= 0.6 is 15.9 Å². The van der Waals surface area contributed by atoms with E-state index in [2.05, 4.69) is 36.7 Å². The molecule has 0 spiro atoms. The van der Waals surface area contributed by atoms with E-state index in [1.807, 2.05) is 4.90 Å². The number of nitrogens with zero attached hydrogens (tertiary/aromatic N) is 1. The topological polar surface area (TPSA) is 20.3 Å². The molecule has 1 aliphatic rings. The second-order valence-corrected chi connectivity index (χ2v) is 5.91. The molecule has 88 valence electrons. The molecule has 0 aromatic heterocycles. The quantitative estimate of drug-likeness (QED) is 0.683. The maximum Gasteiger partial charge on any atom is 0.226 e. The van der Waals surface area contributed by atoms with Crippen LogP contribution in [0.25, 0.3) is 0 Å². The zero-order valence-corrected chi connectivity index (χ0v) is 11.6. The minimum absolute atomic E-state index is 0.258. The highest BCUT2D eigenvalue weighted by molar-refractivity contribution is 9.09. The molecule has 3 heteroatoms. The molecule has 0 heterocycles. The molecule has 2 nitrogen and oxygen atoms in total. The van der Waals surface area contributed by atoms with Crippen LogP contribution in [0.2, 0.25) is 0 Å². The van der Waals surface area contributed by atoms with Crippen molar-refractivity contribution < 1.29 is 4.79 Å². The number of alkyl halides is 1. The van der Waals surface area contributed by atoms with E-state index in [1.54, 1.807) is 0 Å². The molecular formula is C12H22BrNO. The summed E-state index contributed by atoms with van der Waals surface area (Å²) >= 11 is 3.41. The summed E-state index contributed by atoms with van der Waals surface area (Å²) in [5.74, 6) is 0.654. The molecule has 1 atom stereocenters. The van der Waals surface area contributed by atoms with E-state index in [1.165, 1.54) is 0 Å². The summed E-state index contributed by atoms with van der Waals surface area (Å²) in [7, 11) is 0. The van der Waals surface area contributed by atoms with Gasteiger partial charge in [0.05, 0.1) is 0 Å². The van der Waals surface area contributed by atoms with Crippen LogP contribution < -0.4 is 0 Å². The third-order valence-corrected chi connectivity index (χ3v) is 3.61. The van der Waals surface area contributed by atoms with Gasteiger partial charge in [-0.25, -0.2) is 0 Å². The van der Waals surface area contributed by atoms with Crippen LogP contribution in [0.3, 0.4) is 0 Å². The number of amides is 1. The second-order valence-electron chi connectivity index (χ2n) is 5.11. The molecule has 1 rings (SSSR count). The molecule has 15 heavy (non-hydrogen) atoms. The van der Waals surface area contributed by atoms with E-state index in [-0.39, 0.29) is 11.3 Å². The molecule has 0 aromatic rings. The standard InChI is InChI=1S/C12H22BrNO/c1-4-5-7-14(8-6-13)11(15)10-9-12(10,2)3/h10H,4-9H2,1-3H3. The number of hydrogen-bond donors (Lipinski definition) is 0. The highest BCUT2D eigenvalue weighted by atomic mass is 79.9. The summed E-state index contributed by atoms with van der Waals surface area (Å²) in [5, 5.41) is 0.885. The molecule has 0 aliphatic heterocycles. The van der Waals surface area contributed by atoms with Crippen molar-refractivity contribution in [3.63, 3.8) is 0 Å². The molecule has 1 saturated carbocycles. The number of hydrogen-bond acceptors (Lipinski definition) is 1. The molecule has 1 fully saturated rings. The minimum atomic E-state index is 0.258. The average Bonchev–Trinajstić information content (AvgIpc) is 2.81. The first-order chi connectivity index (χ1) is 7.03. The number of halogens is 1. The Bertz CT molecular complexity index is 228. The molecular weight excluding hydrogens is 254 g/mol. The first-order valence-corrected chi connectivity index (χ1v) is 7.00. The SMILES string of the molecule is CCCCN(CCBr)C(=O)C1CC1(C)C. The zero-order chi connectivity index (χ0) is 11.5. The van der Waals surface area contributed by atoms with Crippen LogP contribution in [0.4, 0.5) is 0 Å². The largest absolute Gasteiger partial charge is 0.342 e. The Balaban J connectivity index is 2.45. The third-order valence-electron chi connectivity index (χ3n) is 3.26. The third kappa shape index (κ3) is 3.47. The van der Waals surface area contributed by atoms with Gasteiger partial charge in [0.1, 0.15) is 0 Å². The number of unbranched alkanes of at least 4 members (excludes halogenated alkanes) is 1. The van der Waals surface area contributed by atoms with E-state index >= 15 is 0 Å². The molecule has 0 bridgehead atoms. The maximum absolute atomic E-state index is 12.1. The van der Waals surface area contributed by atoms with Crippen molar-refractivity contribution in [2.24, 2.45) is 11.3 Å². The Morgan fingerprint density at radius 2 is 2.07 bits per heavy atom. The lowest BCUT2D eigenvalue weighted by Gasteiger charge is -2.22. The molecule has 0 aromatic carbocycles. The Hall–Kier alpha value is -0.0500. The number of carbonyl (C=O) groups is 1. The normalized spacial score (nSPS) is 22.5. The van der Waals surface area contributed by atoms with Crippen molar-refractivity contribution in [3.05, 3.63) is 0 Å². The van der Waals surface area contributed by atoms with E-state index < -0.39 is 0 Å².